The molecule has 0 radical (unpaired) electrons. The number of carbonyl (C=O) groups excluding carboxylic acids is 2. The molecule has 1 amide bonds. The van der Waals surface area contributed by atoms with Crippen LogP contribution in [-0.4, -0.2) is 40.2 Å². The number of hydrogen-bond donors (Lipinski definition) is 1. The van der Waals surface area contributed by atoms with Gasteiger partial charge in [0.05, 0.1) is 29.6 Å². The number of ether oxygens (including phenoxy) is 1. The number of nitrogens with one attached hydrogen (secondary N) is 1. The van der Waals surface area contributed by atoms with Gasteiger partial charge in [-0.15, -0.1) is 0 Å². The fourth-order valence-electron chi connectivity index (χ4n) is 2.45. The third-order valence-electron chi connectivity index (χ3n) is 3.85. The Bertz CT molecular complexity index is 1020. The molecule has 2 aromatic carbocycles. The van der Waals surface area contributed by atoms with Crippen molar-refractivity contribution in [3.8, 4) is 0 Å². The van der Waals surface area contributed by atoms with Crippen molar-refractivity contribution < 1.29 is 22.7 Å². The Balaban J connectivity index is 2.29. The van der Waals surface area contributed by atoms with Crippen molar-refractivity contribution in [2.24, 2.45) is 0 Å². The number of anilines is 2. The Morgan fingerprint density at radius 3 is 2.43 bits per heavy atom. The van der Waals surface area contributed by atoms with Crippen LogP contribution in [0.4, 0.5) is 11.4 Å². The molecule has 0 fully saturated rings. The van der Waals surface area contributed by atoms with Gasteiger partial charge in [0.25, 0.3) is 0 Å². The highest BCUT2D eigenvalue weighted by Crippen LogP contribution is 2.28. The molecule has 0 aliphatic rings. The normalized spacial score (nSPS) is 11.0. The minimum absolute atomic E-state index is 0.0765. The maximum absolute atomic E-state index is 12.5. The summed E-state index contributed by atoms with van der Waals surface area (Å²) >= 11 is 12.0. The molecule has 28 heavy (non-hydrogen) atoms. The zero-order valence-corrected chi connectivity index (χ0v) is 17.7. The fourth-order valence-corrected chi connectivity index (χ4v) is 3.72. The van der Waals surface area contributed by atoms with E-state index in [1.165, 1.54) is 25.3 Å². The van der Waals surface area contributed by atoms with Crippen LogP contribution in [0.3, 0.4) is 0 Å². The molecule has 0 saturated heterocycles. The molecule has 0 heterocycles. The second kappa shape index (κ2) is 8.81. The Labute approximate surface area is 173 Å². The van der Waals surface area contributed by atoms with Crippen LogP contribution in [0, 0.1) is 6.92 Å². The largest absolute Gasteiger partial charge is 0.465 e. The van der Waals surface area contributed by atoms with Crippen molar-refractivity contribution in [3.63, 3.8) is 0 Å². The lowest BCUT2D eigenvalue weighted by molar-refractivity contribution is -0.114. The molecular formula is C18H18Cl2N2O5S. The average Bonchev–Trinajstić information content (AvgIpc) is 2.62. The number of esters is 1. The third kappa shape index (κ3) is 5.15. The Morgan fingerprint density at radius 1 is 1.14 bits per heavy atom. The molecule has 0 aliphatic heterocycles. The smallest absolute Gasteiger partial charge is 0.339 e. The molecule has 2 rings (SSSR count). The first kappa shape index (κ1) is 22.0. The number of halogens is 2. The number of rotatable bonds is 6. The van der Waals surface area contributed by atoms with E-state index in [1.807, 2.05) is 0 Å². The highest BCUT2D eigenvalue weighted by molar-refractivity contribution is 7.92. The molecule has 0 bridgehead atoms. The Kier molecular flexibility index (Phi) is 6.92. The Hall–Kier alpha value is -2.29. The van der Waals surface area contributed by atoms with E-state index in [9.17, 15) is 18.0 Å². The van der Waals surface area contributed by atoms with Gasteiger partial charge in [0, 0.05) is 10.7 Å². The lowest BCUT2D eigenvalue weighted by Gasteiger charge is -2.24. The average molecular weight is 445 g/mol. The molecule has 150 valence electrons. The minimum atomic E-state index is -3.76. The van der Waals surface area contributed by atoms with Crippen molar-refractivity contribution in [3.05, 3.63) is 57.6 Å². The topological polar surface area (TPSA) is 92.8 Å². The van der Waals surface area contributed by atoms with E-state index in [0.29, 0.717) is 16.3 Å². The molecule has 2 aromatic rings. The summed E-state index contributed by atoms with van der Waals surface area (Å²) in [6.45, 7) is 1.19. The van der Waals surface area contributed by atoms with Crippen molar-refractivity contribution >= 4 is 56.5 Å². The van der Waals surface area contributed by atoms with Crippen molar-refractivity contribution in [2.45, 2.75) is 6.92 Å². The van der Waals surface area contributed by atoms with Crippen LogP contribution in [0.15, 0.2) is 36.4 Å². The van der Waals surface area contributed by atoms with Gasteiger partial charge in [0.2, 0.25) is 15.9 Å². The molecule has 0 aliphatic carbocycles. The fraction of sp³-hybridized carbons (Fsp3) is 0.222. The van der Waals surface area contributed by atoms with Crippen molar-refractivity contribution in [1.29, 1.82) is 0 Å². The monoisotopic (exact) mass is 444 g/mol. The van der Waals surface area contributed by atoms with Gasteiger partial charge >= 0.3 is 5.97 Å². The highest BCUT2D eigenvalue weighted by Gasteiger charge is 2.23. The maximum Gasteiger partial charge on any atom is 0.339 e. The Morgan fingerprint density at radius 2 is 1.82 bits per heavy atom. The predicted octanol–water partition coefficient (Wildman–Crippen LogP) is 3.49. The molecular weight excluding hydrogens is 427 g/mol. The van der Waals surface area contributed by atoms with E-state index in [0.717, 1.165) is 10.6 Å². The molecule has 7 nitrogen and oxygen atoms in total. The van der Waals surface area contributed by atoms with E-state index >= 15 is 0 Å². The number of nitrogens with zero attached hydrogens (tertiary/aromatic N) is 1. The third-order valence-corrected chi connectivity index (χ3v) is 5.72. The number of hydrogen-bond acceptors (Lipinski definition) is 5. The second-order valence-corrected chi connectivity index (χ2v) is 8.61. The van der Waals surface area contributed by atoms with Gasteiger partial charge in [-0.05, 0) is 42.8 Å². The van der Waals surface area contributed by atoms with E-state index in [4.69, 9.17) is 23.2 Å². The first-order valence-electron chi connectivity index (χ1n) is 7.95. The first-order chi connectivity index (χ1) is 13.0. The van der Waals surface area contributed by atoms with Crippen LogP contribution in [0.25, 0.3) is 0 Å². The summed E-state index contributed by atoms with van der Waals surface area (Å²) in [6, 6.07) is 9.06. The van der Waals surface area contributed by atoms with Crippen LogP contribution >= 0.6 is 23.2 Å². The standard InChI is InChI=1S/C18H18Cl2N2O5S/c1-11-14(19)5-4-6-16(11)22(28(3,25)26)10-17(23)21-12-7-8-15(20)13(9-12)18(24)27-2/h4-9H,10H2,1-3H3,(H,21,23). The van der Waals surface area contributed by atoms with Gasteiger partial charge in [-0.2, -0.15) is 0 Å². The lowest BCUT2D eigenvalue weighted by atomic mass is 10.2. The number of amides is 1. The summed E-state index contributed by atoms with van der Waals surface area (Å²) < 4.78 is 30.1. The summed E-state index contributed by atoms with van der Waals surface area (Å²) in [6.07, 6.45) is 0.998. The summed E-state index contributed by atoms with van der Waals surface area (Å²) in [5.74, 6) is -1.27. The zero-order chi connectivity index (χ0) is 21.1. The van der Waals surface area contributed by atoms with E-state index in [2.05, 4.69) is 10.1 Å². The molecule has 0 atom stereocenters. The summed E-state index contributed by atoms with van der Waals surface area (Å²) in [7, 11) is -2.55. The van der Waals surface area contributed by atoms with Gasteiger partial charge in [0.15, 0.2) is 0 Å². The molecule has 10 heteroatoms. The van der Waals surface area contributed by atoms with Crippen molar-refractivity contribution in [1.82, 2.24) is 0 Å². The predicted molar refractivity (Wildman–Crippen MR) is 110 cm³/mol. The van der Waals surface area contributed by atoms with Crippen LogP contribution in [0.2, 0.25) is 10.0 Å². The molecule has 1 N–H and O–H groups in total. The number of methoxy groups -OCH3 is 1. The van der Waals surface area contributed by atoms with Gasteiger partial charge in [0.1, 0.15) is 6.54 Å². The molecule has 0 aromatic heterocycles. The lowest BCUT2D eigenvalue weighted by Crippen LogP contribution is -2.37. The number of benzene rings is 2. The quantitative estimate of drug-likeness (QED) is 0.688. The first-order valence-corrected chi connectivity index (χ1v) is 10.6. The van der Waals surface area contributed by atoms with Gasteiger partial charge in [-0.3, -0.25) is 9.10 Å². The van der Waals surface area contributed by atoms with Crippen LogP contribution in [-0.2, 0) is 19.6 Å². The minimum Gasteiger partial charge on any atom is -0.465 e. The number of sulfonamides is 1. The number of carbonyl (C=O) groups is 2. The highest BCUT2D eigenvalue weighted by atomic mass is 35.5. The van der Waals surface area contributed by atoms with Crippen LogP contribution in [0.5, 0.6) is 0 Å². The molecule has 0 spiro atoms. The summed E-state index contributed by atoms with van der Waals surface area (Å²) in [5, 5.41) is 3.10. The van der Waals surface area contributed by atoms with Gasteiger partial charge < -0.3 is 10.1 Å². The van der Waals surface area contributed by atoms with E-state index in [1.54, 1.807) is 25.1 Å². The van der Waals surface area contributed by atoms with Gasteiger partial charge in [-0.25, -0.2) is 13.2 Å². The molecule has 0 saturated carbocycles. The summed E-state index contributed by atoms with van der Waals surface area (Å²) in [4.78, 5) is 24.2. The van der Waals surface area contributed by atoms with Gasteiger partial charge in [-0.1, -0.05) is 29.3 Å². The maximum atomic E-state index is 12.5. The second-order valence-electron chi connectivity index (χ2n) is 5.89. The SMILES string of the molecule is COC(=O)c1cc(NC(=O)CN(c2cccc(Cl)c2C)S(C)(=O)=O)ccc1Cl. The van der Waals surface area contributed by atoms with E-state index in [-0.39, 0.29) is 16.3 Å². The van der Waals surface area contributed by atoms with Crippen LogP contribution < -0.4 is 9.62 Å². The summed E-state index contributed by atoms with van der Waals surface area (Å²) in [5.41, 5.74) is 1.18. The van der Waals surface area contributed by atoms with E-state index < -0.39 is 28.4 Å². The molecule has 0 unspecified atom stereocenters. The van der Waals surface area contributed by atoms with Crippen LogP contribution in [0.1, 0.15) is 15.9 Å². The zero-order valence-electron chi connectivity index (χ0n) is 15.3. The van der Waals surface area contributed by atoms with Crippen molar-refractivity contribution in [2.75, 3.05) is 29.5 Å².